The second kappa shape index (κ2) is 10.3. The normalized spacial score (nSPS) is 11.1. The van der Waals surface area contributed by atoms with Gasteiger partial charge in [-0.25, -0.2) is 0 Å². The van der Waals surface area contributed by atoms with Crippen LogP contribution < -0.4 is 31.1 Å². The van der Waals surface area contributed by atoms with Crippen LogP contribution in [-0.4, -0.2) is 25.7 Å². The molecule has 0 radical (unpaired) electrons. The molecule has 0 aromatic heterocycles. The Kier molecular flexibility index (Phi) is 7.07. The largest absolute Gasteiger partial charge is 0.870 e. The van der Waals surface area contributed by atoms with E-state index < -0.39 is 7.26 Å². The number of nitrogens with one attached hydrogen (secondary N) is 1. The van der Waals surface area contributed by atoms with E-state index in [9.17, 15) is 9.90 Å². The Morgan fingerprint density at radius 2 is 1.27 bits per heavy atom. The Balaban J connectivity index is 1.68. The van der Waals surface area contributed by atoms with Crippen LogP contribution in [0.25, 0.3) is 0 Å². The molecule has 5 heteroatoms. The molecule has 1 N–H and O–H groups in total. The zero-order valence-electron chi connectivity index (χ0n) is 18.5. The maximum absolute atomic E-state index is 12.9. The monoisotopic (exact) mass is 455 g/mol. The van der Waals surface area contributed by atoms with Crippen molar-refractivity contribution in [3.05, 3.63) is 115 Å². The van der Waals surface area contributed by atoms with E-state index in [1.807, 2.05) is 18.2 Å². The molecular formula is C28H26NO3P. The minimum Gasteiger partial charge on any atom is -0.870 e. The molecule has 0 unspecified atom stereocenters. The first-order valence-corrected chi connectivity index (χ1v) is 12.8. The summed E-state index contributed by atoms with van der Waals surface area (Å²) >= 11 is 0. The number of carbonyl (C=O) groups is 1. The molecule has 4 aromatic carbocycles. The van der Waals surface area contributed by atoms with E-state index in [4.69, 9.17) is 4.74 Å². The highest BCUT2D eigenvalue weighted by Gasteiger charge is 2.44. The highest BCUT2D eigenvalue weighted by Crippen LogP contribution is 2.54. The molecule has 0 aliphatic rings. The van der Waals surface area contributed by atoms with Crippen molar-refractivity contribution in [3.63, 3.8) is 0 Å². The van der Waals surface area contributed by atoms with Crippen LogP contribution >= 0.6 is 7.26 Å². The first kappa shape index (κ1) is 22.6. The predicted octanol–water partition coefficient (Wildman–Crippen LogP) is 3.49. The number of ether oxygens (including phenoxy) is 1. The van der Waals surface area contributed by atoms with Crippen molar-refractivity contribution in [2.45, 2.75) is 0 Å². The van der Waals surface area contributed by atoms with Crippen LogP contribution in [0.2, 0.25) is 0 Å². The number of carbonyl (C=O) groups excluding carboxylic acids is 1. The average Bonchev–Trinajstić information content (AvgIpc) is 2.88. The fourth-order valence-corrected chi connectivity index (χ4v) is 8.29. The summed E-state index contributed by atoms with van der Waals surface area (Å²) in [4.78, 5) is 12.9. The molecule has 0 fully saturated rings. The zero-order chi connectivity index (χ0) is 23.1. The fraction of sp³-hybridized carbons (Fsp3) is 0.107. The van der Waals surface area contributed by atoms with Gasteiger partial charge >= 0.3 is 0 Å². The van der Waals surface area contributed by atoms with E-state index in [2.05, 4.69) is 78.1 Å². The van der Waals surface area contributed by atoms with Gasteiger partial charge in [-0.3, -0.25) is 4.79 Å². The summed E-state index contributed by atoms with van der Waals surface area (Å²) in [5.74, 6) is -0.292. The first-order chi connectivity index (χ1) is 16.1. The van der Waals surface area contributed by atoms with E-state index in [1.165, 1.54) is 41.2 Å². The molecular weight excluding hydrogens is 429 g/mol. The van der Waals surface area contributed by atoms with Crippen LogP contribution in [0, 0.1) is 0 Å². The molecule has 1 amide bonds. The van der Waals surface area contributed by atoms with Gasteiger partial charge in [0, 0.05) is 5.56 Å². The fourth-order valence-electron chi connectivity index (χ4n) is 4.13. The molecule has 4 aromatic rings. The third-order valence-electron chi connectivity index (χ3n) is 5.75. The third-order valence-corrected chi connectivity index (χ3v) is 10.2. The van der Waals surface area contributed by atoms with Crippen molar-refractivity contribution in [2.24, 2.45) is 0 Å². The smallest absolute Gasteiger partial charge is 0.251 e. The molecule has 4 nitrogen and oxygen atoms in total. The number of benzene rings is 4. The summed E-state index contributed by atoms with van der Waals surface area (Å²) in [6, 6.07) is 36.1. The summed E-state index contributed by atoms with van der Waals surface area (Å²) in [7, 11) is -0.586. The lowest BCUT2D eigenvalue weighted by atomic mass is 10.2. The number of hydrogen-bond donors (Lipinski definition) is 1. The first-order valence-electron chi connectivity index (χ1n) is 10.8. The van der Waals surface area contributed by atoms with Crippen LogP contribution in [0.5, 0.6) is 11.5 Å². The number of hydrogen-bond acceptors (Lipinski definition) is 3. The van der Waals surface area contributed by atoms with Crippen molar-refractivity contribution in [2.75, 3.05) is 19.8 Å². The molecule has 0 bridgehead atoms. The van der Waals surface area contributed by atoms with Gasteiger partial charge in [-0.2, -0.15) is 0 Å². The maximum Gasteiger partial charge on any atom is 0.251 e. The van der Waals surface area contributed by atoms with Crippen LogP contribution in [-0.2, 0) is 0 Å². The van der Waals surface area contributed by atoms with Gasteiger partial charge in [0.2, 0.25) is 0 Å². The Labute approximate surface area is 195 Å². The SMILES string of the molecule is COc1cc(C(=O)NCC[P+](c2ccccc2)(c2ccccc2)c2ccccc2)ccc1[O-]. The molecule has 0 atom stereocenters. The summed E-state index contributed by atoms with van der Waals surface area (Å²) in [6.45, 7) is 0.493. The molecule has 0 saturated carbocycles. The number of methoxy groups -OCH3 is 1. The molecule has 0 heterocycles. The Morgan fingerprint density at radius 3 is 1.73 bits per heavy atom. The van der Waals surface area contributed by atoms with E-state index in [0.717, 1.165) is 6.16 Å². The highest BCUT2D eigenvalue weighted by molar-refractivity contribution is 7.95. The van der Waals surface area contributed by atoms with Crippen molar-refractivity contribution in [1.29, 1.82) is 0 Å². The molecule has 166 valence electrons. The van der Waals surface area contributed by atoms with E-state index in [1.54, 1.807) is 0 Å². The second-order valence-electron chi connectivity index (χ2n) is 7.66. The lowest BCUT2D eigenvalue weighted by Gasteiger charge is -2.27. The van der Waals surface area contributed by atoms with Crippen molar-refractivity contribution >= 4 is 29.1 Å². The molecule has 0 aliphatic heterocycles. The minimum atomic E-state index is -2.01. The molecule has 0 aliphatic carbocycles. The van der Waals surface area contributed by atoms with Gasteiger partial charge in [0.25, 0.3) is 5.91 Å². The standard InChI is InChI=1S/C28H26NO3P/c1-32-27-21-22(17-18-26(27)30)28(31)29-19-20-33(23-11-5-2-6-12-23,24-13-7-3-8-14-24)25-15-9-4-10-16-25/h2-18,21H,19-20H2,1H3,(H-,29,30,31). The van der Waals surface area contributed by atoms with Gasteiger partial charge in [0.05, 0.1) is 19.8 Å². The third kappa shape index (κ3) is 4.76. The number of rotatable bonds is 8. The lowest BCUT2D eigenvalue weighted by Crippen LogP contribution is -2.37. The molecule has 0 spiro atoms. The average molecular weight is 455 g/mol. The van der Waals surface area contributed by atoms with Gasteiger partial charge in [0.1, 0.15) is 28.9 Å². The van der Waals surface area contributed by atoms with Crippen molar-refractivity contribution < 1.29 is 14.6 Å². The van der Waals surface area contributed by atoms with Gasteiger partial charge in [0.15, 0.2) is 0 Å². The van der Waals surface area contributed by atoms with Crippen molar-refractivity contribution in [1.82, 2.24) is 5.32 Å². The molecule has 33 heavy (non-hydrogen) atoms. The van der Waals surface area contributed by atoms with Gasteiger partial charge < -0.3 is 15.2 Å². The maximum atomic E-state index is 12.9. The highest BCUT2D eigenvalue weighted by atomic mass is 31.2. The van der Waals surface area contributed by atoms with Gasteiger partial charge in [-0.05, 0) is 48.5 Å². The lowest BCUT2D eigenvalue weighted by molar-refractivity contribution is -0.270. The van der Waals surface area contributed by atoms with Crippen LogP contribution in [0.1, 0.15) is 10.4 Å². The molecule has 4 rings (SSSR count). The van der Waals surface area contributed by atoms with Crippen LogP contribution in [0.15, 0.2) is 109 Å². The van der Waals surface area contributed by atoms with Crippen LogP contribution in [0.4, 0.5) is 0 Å². The van der Waals surface area contributed by atoms with Gasteiger partial charge in [-0.1, -0.05) is 66.4 Å². The minimum absolute atomic E-state index is 0.169. The van der Waals surface area contributed by atoms with Crippen LogP contribution in [0.3, 0.4) is 0 Å². The van der Waals surface area contributed by atoms with E-state index >= 15 is 0 Å². The topological polar surface area (TPSA) is 61.4 Å². The summed E-state index contributed by atoms with van der Waals surface area (Å²) in [5.41, 5.74) is 0.412. The van der Waals surface area contributed by atoms with Gasteiger partial charge in [-0.15, -0.1) is 0 Å². The summed E-state index contributed by atoms with van der Waals surface area (Å²) in [5, 5.41) is 18.7. The van der Waals surface area contributed by atoms with E-state index in [-0.39, 0.29) is 17.4 Å². The Bertz CT molecular complexity index is 1100. The predicted molar refractivity (Wildman–Crippen MR) is 135 cm³/mol. The molecule has 0 saturated heterocycles. The summed E-state index contributed by atoms with van der Waals surface area (Å²) in [6.07, 6.45) is 0.771. The van der Waals surface area contributed by atoms with Crippen molar-refractivity contribution in [3.8, 4) is 11.5 Å². The Morgan fingerprint density at radius 1 is 0.788 bits per heavy atom. The zero-order valence-corrected chi connectivity index (χ0v) is 19.4. The second-order valence-corrected chi connectivity index (χ2v) is 11.3. The Hall–Kier alpha value is -3.62. The number of amides is 1. The summed E-state index contributed by atoms with van der Waals surface area (Å²) < 4.78 is 5.08. The van der Waals surface area contributed by atoms with E-state index in [0.29, 0.717) is 12.1 Å². The quantitative estimate of drug-likeness (QED) is 0.414.